The van der Waals surface area contributed by atoms with Crippen LogP contribution in [0.3, 0.4) is 0 Å². The van der Waals surface area contributed by atoms with Crippen molar-refractivity contribution in [2.45, 2.75) is 0 Å². The maximum Gasteiger partial charge on any atom is 0.120 e. The molecule has 44 valence electrons. The molecular weight excluding hydrogens is 116 g/mol. The third-order valence-corrected chi connectivity index (χ3v) is 1.09. The number of nitrogen functional groups attached to an aromatic ring is 1. The van der Waals surface area contributed by atoms with Crippen LogP contribution in [0.4, 0.5) is 10.1 Å². The first-order chi connectivity index (χ1) is 4.22. The molecule has 0 atom stereocenters. The Hall–Kier alpha value is -0.985. The van der Waals surface area contributed by atoms with Gasteiger partial charge in [-0.25, -0.2) is 4.39 Å². The number of rotatable bonds is 0. The van der Waals surface area contributed by atoms with Gasteiger partial charge in [0.2, 0.25) is 0 Å². The summed E-state index contributed by atoms with van der Waals surface area (Å²) >= 11 is 0. The van der Waals surface area contributed by atoms with Gasteiger partial charge in [-0.2, -0.15) is 0 Å². The number of nitrogens with two attached hydrogens (primary N) is 1. The fraction of sp³-hybridized carbons (Fsp3) is 0. The summed E-state index contributed by atoms with van der Waals surface area (Å²) in [6.45, 7) is 0. The van der Waals surface area contributed by atoms with E-state index in [9.17, 15) is 4.39 Å². The van der Waals surface area contributed by atoms with Crippen LogP contribution in [0.5, 0.6) is 0 Å². The van der Waals surface area contributed by atoms with E-state index in [0.717, 1.165) is 0 Å². The molecule has 0 aliphatic rings. The SMILES string of the molecule is [B]c1c(N)cccc1F. The number of anilines is 1. The molecule has 1 aromatic carbocycles. The van der Waals surface area contributed by atoms with Crippen molar-refractivity contribution in [1.29, 1.82) is 0 Å². The van der Waals surface area contributed by atoms with Crippen LogP contribution in [0, 0.1) is 5.82 Å². The highest BCUT2D eigenvalue weighted by Gasteiger charge is 1.95. The summed E-state index contributed by atoms with van der Waals surface area (Å²) in [4.78, 5) is 0. The molecular formula is C6H5BFN. The topological polar surface area (TPSA) is 26.0 Å². The molecule has 9 heavy (non-hydrogen) atoms. The number of benzene rings is 1. The highest BCUT2D eigenvalue weighted by molar-refractivity contribution is 6.35. The summed E-state index contributed by atoms with van der Waals surface area (Å²) in [5.41, 5.74) is 5.57. The Kier molecular flexibility index (Phi) is 1.43. The molecule has 0 saturated heterocycles. The molecule has 2 N–H and O–H groups in total. The van der Waals surface area contributed by atoms with Gasteiger partial charge in [0.25, 0.3) is 0 Å². The Labute approximate surface area is 54.1 Å². The first-order valence-electron chi connectivity index (χ1n) is 2.51. The Morgan fingerprint density at radius 3 is 2.56 bits per heavy atom. The lowest BCUT2D eigenvalue weighted by Gasteiger charge is -1.98. The molecule has 0 unspecified atom stereocenters. The van der Waals surface area contributed by atoms with E-state index in [1.54, 1.807) is 6.07 Å². The van der Waals surface area contributed by atoms with E-state index in [1.165, 1.54) is 12.1 Å². The first kappa shape index (κ1) is 6.14. The van der Waals surface area contributed by atoms with Crippen molar-refractivity contribution in [2.24, 2.45) is 0 Å². The van der Waals surface area contributed by atoms with Crippen molar-refractivity contribution < 1.29 is 4.39 Å². The van der Waals surface area contributed by atoms with Gasteiger partial charge in [0.05, 0.1) is 0 Å². The molecule has 2 radical (unpaired) electrons. The van der Waals surface area contributed by atoms with Gasteiger partial charge in [-0.05, 0) is 17.6 Å². The van der Waals surface area contributed by atoms with E-state index in [1.807, 2.05) is 0 Å². The van der Waals surface area contributed by atoms with Crippen LogP contribution in [-0.2, 0) is 0 Å². The molecule has 0 aliphatic heterocycles. The van der Waals surface area contributed by atoms with E-state index >= 15 is 0 Å². The van der Waals surface area contributed by atoms with Crippen LogP contribution < -0.4 is 11.2 Å². The summed E-state index contributed by atoms with van der Waals surface area (Å²) < 4.78 is 12.4. The fourth-order valence-corrected chi connectivity index (χ4v) is 0.554. The summed E-state index contributed by atoms with van der Waals surface area (Å²) in [6, 6.07) is 4.34. The van der Waals surface area contributed by atoms with Crippen molar-refractivity contribution >= 4 is 19.0 Å². The lowest BCUT2D eigenvalue weighted by molar-refractivity contribution is 0.636. The van der Waals surface area contributed by atoms with Crippen LogP contribution in [0.15, 0.2) is 18.2 Å². The van der Waals surface area contributed by atoms with Gasteiger partial charge < -0.3 is 5.73 Å². The molecule has 0 aromatic heterocycles. The molecule has 3 heteroatoms. The quantitative estimate of drug-likeness (QED) is 0.385. The summed E-state index contributed by atoms with van der Waals surface area (Å²) in [7, 11) is 5.18. The third kappa shape index (κ3) is 1.04. The zero-order valence-electron chi connectivity index (χ0n) is 4.76. The average molecular weight is 121 g/mol. The number of hydrogen-bond donors (Lipinski definition) is 1. The molecule has 0 spiro atoms. The van der Waals surface area contributed by atoms with Crippen molar-refractivity contribution in [3.05, 3.63) is 24.0 Å². The fourth-order valence-electron chi connectivity index (χ4n) is 0.554. The van der Waals surface area contributed by atoms with Gasteiger partial charge in [0, 0.05) is 5.69 Å². The Bertz CT molecular complexity index is 204. The maximum absolute atomic E-state index is 12.4. The van der Waals surface area contributed by atoms with Gasteiger partial charge >= 0.3 is 0 Å². The van der Waals surface area contributed by atoms with Crippen LogP contribution >= 0.6 is 0 Å². The lowest BCUT2D eigenvalue weighted by Crippen LogP contribution is -2.13. The maximum atomic E-state index is 12.4. The second-order valence-electron chi connectivity index (χ2n) is 1.74. The Morgan fingerprint density at radius 2 is 2.11 bits per heavy atom. The van der Waals surface area contributed by atoms with Crippen LogP contribution in [0.2, 0.25) is 0 Å². The molecule has 0 aliphatic carbocycles. The minimum Gasteiger partial charge on any atom is -0.399 e. The van der Waals surface area contributed by atoms with E-state index in [0.29, 0.717) is 0 Å². The van der Waals surface area contributed by atoms with Gasteiger partial charge in [0.15, 0.2) is 0 Å². The van der Waals surface area contributed by atoms with Crippen molar-refractivity contribution in [3.8, 4) is 0 Å². The van der Waals surface area contributed by atoms with Crippen LogP contribution in [-0.4, -0.2) is 7.85 Å². The standard InChI is InChI=1S/C6H5BFN/c7-6-4(8)2-1-3-5(6)9/h1-3H,9H2. The van der Waals surface area contributed by atoms with E-state index < -0.39 is 5.82 Å². The smallest absolute Gasteiger partial charge is 0.120 e. The van der Waals surface area contributed by atoms with E-state index in [4.69, 9.17) is 13.6 Å². The highest BCUT2D eigenvalue weighted by atomic mass is 19.1. The molecule has 0 heterocycles. The summed E-state index contributed by atoms with van der Waals surface area (Å²) in [6.07, 6.45) is 0. The first-order valence-corrected chi connectivity index (χ1v) is 2.51. The largest absolute Gasteiger partial charge is 0.399 e. The average Bonchev–Trinajstić information content (AvgIpc) is 1.83. The number of hydrogen-bond acceptors (Lipinski definition) is 1. The molecule has 1 nitrogen and oxygen atoms in total. The predicted molar refractivity (Wildman–Crippen MR) is 36.2 cm³/mol. The van der Waals surface area contributed by atoms with Crippen LogP contribution in [0.1, 0.15) is 0 Å². The van der Waals surface area contributed by atoms with Gasteiger partial charge in [-0.3, -0.25) is 0 Å². The van der Waals surface area contributed by atoms with Crippen molar-refractivity contribution in [2.75, 3.05) is 5.73 Å². The third-order valence-electron chi connectivity index (χ3n) is 1.09. The summed E-state index contributed by atoms with van der Waals surface area (Å²) in [5.74, 6) is -0.463. The molecule has 0 saturated carbocycles. The van der Waals surface area contributed by atoms with E-state index in [-0.39, 0.29) is 11.2 Å². The lowest BCUT2D eigenvalue weighted by atomic mass is 9.94. The minimum atomic E-state index is -0.463. The zero-order chi connectivity index (χ0) is 6.85. The second kappa shape index (κ2) is 2.09. The van der Waals surface area contributed by atoms with Gasteiger partial charge in [0.1, 0.15) is 13.7 Å². The normalized spacial score (nSPS) is 9.44. The molecule has 1 aromatic rings. The van der Waals surface area contributed by atoms with Crippen LogP contribution in [0.25, 0.3) is 0 Å². The Balaban J connectivity index is 3.25. The second-order valence-corrected chi connectivity index (χ2v) is 1.74. The molecule has 1 rings (SSSR count). The van der Waals surface area contributed by atoms with Gasteiger partial charge in [-0.1, -0.05) is 6.07 Å². The Morgan fingerprint density at radius 1 is 1.44 bits per heavy atom. The zero-order valence-corrected chi connectivity index (χ0v) is 4.76. The predicted octanol–water partition coefficient (Wildman–Crippen LogP) is 0.202. The highest BCUT2D eigenvalue weighted by Crippen LogP contribution is 1.98. The summed E-state index contributed by atoms with van der Waals surface area (Å²) in [5, 5.41) is 0. The van der Waals surface area contributed by atoms with Crippen molar-refractivity contribution in [1.82, 2.24) is 0 Å². The van der Waals surface area contributed by atoms with Crippen molar-refractivity contribution in [3.63, 3.8) is 0 Å². The molecule has 0 fully saturated rings. The van der Waals surface area contributed by atoms with E-state index in [2.05, 4.69) is 0 Å². The molecule has 0 amide bonds. The monoisotopic (exact) mass is 121 g/mol. The molecule has 0 bridgehead atoms. The minimum absolute atomic E-state index is 0.0255. The number of halogens is 1. The van der Waals surface area contributed by atoms with Gasteiger partial charge in [-0.15, -0.1) is 0 Å².